The van der Waals surface area contributed by atoms with Gasteiger partial charge in [-0.25, -0.2) is 4.98 Å². The normalized spacial score (nSPS) is 19.5. The second-order valence-corrected chi connectivity index (χ2v) is 9.38. The van der Waals surface area contributed by atoms with Crippen LogP contribution in [0.3, 0.4) is 0 Å². The largest absolute Gasteiger partial charge is 0.495 e. The summed E-state index contributed by atoms with van der Waals surface area (Å²) in [5.41, 5.74) is 2.94. The number of hydrogen-bond acceptors (Lipinski definition) is 8. The second-order valence-electron chi connectivity index (χ2n) is 9.38. The number of fused-ring (bicyclic) bond motifs is 2. The number of likely N-dealkylation sites (N-methyl/N-ethyl adjacent to an activating group) is 1. The fourth-order valence-electron chi connectivity index (χ4n) is 4.86. The molecule has 1 aromatic carbocycles. The molecular formula is C26H30N8O3. The van der Waals surface area contributed by atoms with Crippen LogP contribution in [0, 0.1) is 10.1 Å². The standard InChI is InChI=1S/C26H30N8O3/c1-27-26(11-13-33(2)3)10-8-16(14-21(26)34(35)36)30-25-31-22(18-9-12-28-24(18)32-25)19-15-29-23-17(19)6-5-7-20(23)37-4/h5-10,12,14-15,21,27,29H,11,13H2,1-4H3,(H2,28,30,31,32). The molecule has 1 aliphatic rings. The third kappa shape index (κ3) is 4.43. The SMILES string of the molecule is CNC1(CCN(C)C)C=CC(Nc2nc(-c3c[nH]c4c(OC)cccc34)c3cc[nH]c3n2)=CC1[N+](=O)[O-]. The van der Waals surface area contributed by atoms with Gasteiger partial charge in [0.05, 0.1) is 18.3 Å². The first-order valence-corrected chi connectivity index (χ1v) is 12.0. The highest BCUT2D eigenvalue weighted by Gasteiger charge is 2.44. The van der Waals surface area contributed by atoms with Gasteiger partial charge < -0.3 is 30.2 Å². The Balaban J connectivity index is 1.52. The first kappa shape index (κ1) is 24.5. The summed E-state index contributed by atoms with van der Waals surface area (Å²) in [6, 6.07) is 6.82. The minimum absolute atomic E-state index is 0.253. The van der Waals surface area contributed by atoms with E-state index in [0.717, 1.165) is 33.3 Å². The van der Waals surface area contributed by atoms with E-state index in [4.69, 9.17) is 9.72 Å². The summed E-state index contributed by atoms with van der Waals surface area (Å²) < 4.78 is 5.50. The molecule has 5 rings (SSSR count). The molecule has 2 unspecified atom stereocenters. The van der Waals surface area contributed by atoms with Gasteiger partial charge in [0.25, 0.3) is 6.04 Å². The number of aromatic nitrogens is 4. The molecule has 0 radical (unpaired) electrons. The van der Waals surface area contributed by atoms with Crippen LogP contribution in [0.25, 0.3) is 33.2 Å². The quantitative estimate of drug-likeness (QED) is 0.202. The van der Waals surface area contributed by atoms with Crippen LogP contribution in [0.15, 0.2) is 60.6 Å². The minimum atomic E-state index is -0.959. The van der Waals surface area contributed by atoms with Crippen molar-refractivity contribution < 1.29 is 9.66 Å². The molecule has 0 saturated heterocycles. The number of anilines is 1. The number of ether oxygens (including phenoxy) is 1. The van der Waals surface area contributed by atoms with E-state index in [1.54, 1.807) is 20.2 Å². The summed E-state index contributed by atoms with van der Waals surface area (Å²) in [7, 11) is 7.30. The lowest BCUT2D eigenvalue weighted by Gasteiger charge is -2.35. The van der Waals surface area contributed by atoms with Crippen LogP contribution >= 0.6 is 0 Å². The molecule has 3 heterocycles. The number of nitrogens with zero attached hydrogens (tertiary/aromatic N) is 4. The predicted molar refractivity (Wildman–Crippen MR) is 144 cm³/mol. The van der Waals surface area contributed by atoms with Gasteiger partial charge >= 0.3 is 0 Å². The number of para-hydroxylation sites is 1. The number of allylic oxidation sites excluding steroid dienone is 1. The maximum Gasteiger partial charge on any atom is 0.254 e. The van der Waals surface area contributed by atoms with Crippen LogP contribution in [0.1, 0.15) is 6.42 Å². The molecule has 3 aromatic heterocycles. The van der Waals surface area contributed by atoms with Crippen molar-refractivity contribution in [2.45, 2.75) is 18.0 Å². The molecule has 0 saturated carbocycles. The monoisotopic (exact) mass is 502 g/mol. The van der Waals surface area contributed by atoms with Crippen LogP contribution in [0.2, 0.25) is 0 Å². The van der Waals surface area contributed by atoms with Crippen molar-refractivity contribution in [3.63, 3.8) is 0 Å². The minimum Gasteiger partial charge on any atom is -0.495 e. The van der Waals surface area contributed by atoms with E-state index in [0.29, 0.717) is 30.3 Å². The van der Waals surface area contributed by atoms with Crippen molar-refractivity contribution in [3.05, 3.63) is 70.7 Å². The Morgan fingerprint density at radius 3 is 2.78 bits per heavy atom. The zero-order valence-corrected chi connectivity index (χ0v) is 21.2. The fourth-order valence-corrected chi connectivity index (χ4v) is 4.86. The Kier molecular flexibility index (Phi) is 6.40. The van der Waals surface area contributed by atoms with Crippen LogP contribution < -0.4 is 15.4 Å². The van der Waals surface area contributed by atoms with Gasteiger partial charge in [0.2, 0.25) is 5.95 Å². The Bertz CT molecular complexity index is 1520. The molecule has 0 aliphatic heterocycles. The maximum absolute atomic E-state index is 12.1. The Morgan fingerprint density at radius 2 is 2.05 bits per heavy atom. The Labute approximate surface area is 213 Å². The molecule has 4 aromatic rings. The third-order valence-corrected chi connectivity index (χ3v) is 6.91. The lowest BCUT2D eigenvalue weighted by molar-refractivity contribution is -0.519. The molecule has 0 spiro atoms. The van der Waals surface area contributed by atoms with Crippen molar-refractivity contribution in [3.8, 4) is 17.0 Å². The van der Waals surface area contributed by atoms with Gasteiger partial charge in [0, 0.05) is 45.4 Å². The average Bonchev–Trinajstić information content (AvgIpc) is 3.54. The molecule has 1 aliphatic carbocycles. The Morgan fingerprint density at radius 1 is 1.22 bits per heavy atom. The van der Waals surface area contributed by atoms with E-state index < -0.39 is 11.6 Å². The smallest absolute Gasteiger partial charge is 0.254 e. The van der Waals surface area contributed by atoms with E-state index >= 15 is 0 Å². The van der Waals surface area contributed by atoms with Gasteiger partial charge in [-0.1, -0.05) is 18.2 Å². The molecule has 4 N–H and O–H groups in total. The van der Waals surface area contributed by atoms with E-state index in [1.165, 1.54) is 0 Å². The molecule has 0 bridgehead atoms. The average molecular weight is 503 g/mol. The fraction of sp³-hybridized carbons (Fsp3) is 0.308. The number of aromatic amines is 2. The topological polar surface area (TPSA) is 137 Å². The van der Waals surface area contributed by atoms with Crippen LogP contribution in [0.5, 0.6) is 5.75 Å². The van der Waals surface area contributed by atoms with Crippen molar-refractivity contribution in [2.75, 3.05) is 40.1 Å². The van der Waals surface area contributed by atoms with Crippen LogP contribution in [-0.4, -0.2) is 76.1 Å². The lowest BCUT2D eigenvalue weighted by atomic mass is 9.82. The van der Waals surface area contributed by atoms with Crippen molar-refractivity contribution >= 4 is 27.9 Å². The number of nitrogens with one attached hydrogen (secondary N) is 4. The zero-order valence-electron chi connectivity index (χ0n) is 21.2. The van der Waals surface area contributed by atoms with Crippen molar-refractivity contribution in [1.82, 2.24) is 30.2 Å². The summed E-state index contributed by atoms with van der Waals surface area (Å²) in [6.07, 6.45) is 9.65. The van der Waals surface area contributed by atoms with Crippen LogP contribution in [0.4, 0.5) is 5.95 Å². The number of rotatable bonds is 9. The highest BCUT2D eigenvalue weighted by molar-refractivity contribution is 6.04. The summed E-state index contributed by atoms with van der Waals surface area (Å²) in [5.74, 6) is 1.08. The molecule has 37 heavy (non-hydrogen) atoms. The van der Waals surface area contributed by atoms with Gasteiger partial charge in [-0.05, 0) is 52.3 Å². The molecule has 11 nitrogen and oxygen atoms in total. The first-order valence-electron chi connectivity index (χ1n) is 12.0. The molecular weight excluding hydrogens is 472 g/mol. The van der Waals surface area contributed by atoms with Crippen molar-refractivity contribution in [1.29, 1.82) is 0 Å². The molecule has 0 fully saturated rings. The van der Waals surface area contributed by atoms with E-state index in [2.05, 4.69) is 25.6 Å². The molecule has 0 amide bonds. The van der Waals surface area contributed by atoms with Gasteiger partial charge in [-0.15, -0.1) is 0 Å². The number of methoxy groups -OCH3 is 1. The summed E-state index contributed by atoms with van der Waals surface area (Å²) >= 11 is 0. The number of H-pyrrole nitrogens is 2. The molecule has 11 heteroatoms. The van der Waals surface area contributed by atoms with Crippen molar-refractivity contribution in [2.24, 2.45) is 0 Å². The summed E-state index contributed by atoms with van der Waals surface area (Å²) in [6.45, 7) is 0.706. The van der Waals surface area contributed by atoms with Crippen LogP contribution in [-0.2, 0) is 0 Å². The van der Waals surface area contributed by atoms with E-state index in [9.17, 15) is 10.1 Å². The number of hydrogen-bond donors (Lipinski definition) is 4. The summed E-state index contributed by atoms with van der Waals surface area (Å²) in [4.78, 5) is 29.8. The number of nitro groups is 1. The first-order chi connectivity index (χ1) is 17.8. The van der Waals surface area contributed by atoms with Gasteiger partial charge in [0.15, 0.2) is 0 Å². The highest BCUT2D eigenvalue weighted by Crippen LogP contribution is 2.36. The lowest BCUT2D eigenvalue weighted by Crippen LogP contribution is -2.56. The number of benzene rings is 1. The predicted octanol–water partition coefficient (Wildman–Crippen LogP) is 3.54. The zero-order chi connectivity index (χ0) is 26.2. The molecule has 2 atom stereocenters. The van der Waals surface area contributed by atoms with Gasteiger partial charge in [-0.3, -0.25) is 10.1 Å². The molecule has 192 valence electrons. The van der Waals surface area contributed by atoms with E-state index in [-0.39, 0.29) is 4.92 Å². The van der Waals surface area contributed by atoms with E-state index in [1.807, 2.05) is 67.8 Å². The summed E-state index contributed by atoms with van der Waals surface area (Å²) in [5, 5.41) is 20.3. The maximum atomic E-state index is 12.1. The van der Waals surface area contributed by atoms with Gasteiger partial charge in [-0.2, -0.15) is 4.98 Å². The highest BCUT2D eigenvalue weighted by atomic mass is 16.6. The Hall–Kier alpha value is -4.22. The second kappa shape index (κ2) is 9.68. The third-order valence-electron chi connectivity index (χ3n) is 6.91. The van der Waals surface area contributed by atoms with Gasteiger partial charge in [0.1, 0.15) is 16.9 Å².